The Bertz CT molecular complexity index is 1140. The first-order valence-electron chi connectivity index (χ1n) is 7.60. The predicted octanol–water partition coefficient (Wildman–Crippen LogP) is 0.583. The second-order valence-corrected chi connectivity index (χ2v) is 10.5. The zero-order valence-electron chi connectivity index (χ0n) is 15.5. The Morgan fingerprint density at radius 2 is 1.84 bits per heavy atom. The normalized spacial score (nSPS) is 19.7. The molecule has 2 unspecified atom stereocenters. The zero-order chi connectivity index (χ0) is 25.1. The molecule has 0 saturated carbocycles. The fourth-order valence-corrected chi connectivity index (χ4v) is 4.96. The highest BCUT2D eigenvalue weighted by Crippen LogP contribution is 2.66. The van der Waals surface area contributed by atoms with Gasteiger partial charge in [0.25, 0.3) is 6.48 Å². The Morgan fingerprint density at radius 3 is 2.31 bits per heavy atom. The van der Waals surface area contributed by atoms with Gasteiger partial charge in [0.05, 0.1) is 12.3 Å². The van der Waals surface area contributed by atoms with E-state index >= 15 is 0 Å². The zero-order valence-corrected chi connectivity index (χ0v) is 19.0. The van der Waals surface area contributed by atoms with E-state index in [4.69, 9.17) is 25.8 Å². The van der Waals surface area contributed by atoms with Crippen LogP contribution in [-0.4, -0.2) is 52.5 Å². The number of terminal acetylenes is 1. The third kappa shape index (κ3) is 8.32. The van der Waals surface area contributed by atoms with Crippen LogP contribution < -0.4 is 5.69 Å². The van der Waals surface area contributed by atoms with E-state index in [1.54, 1.807) is 10.9 Å². The SMILES string of the molecule is C#C[C@](COP(=O)(O)OP(=O)(O)OP(=O)(O)O)(O[C@H](F)n1cc(F)c(=S)[nH]c1=O)[C@@H](C)O. The molecule has 0 spiro atoms. The Balaban J connectivity index is 3.12. The number of aromatic amines is 1. The maximum Gasteiger partial charge on any atom is 0.490 e. The number of aliphatic hydroxyl groups is 1. The number of aliphatic hydroxyl groups excluding tert-OH is 1. The Hall–Kier alpha value is -1.15. The number of hydrogen-bond donors (Lipinski definition) is 6. The molecule has 0 aromatic carbocycles. The van der Waals surface area contributed by atoms with E-state index in [1.165, 1.54) is 0 Å². The first-order valence-corrected chi connectivity index (χ1v) is 12.5. The molecule has 1 rings (SSSR count). The first-order chi connectivity index (χ1) is 14.3. The van der Waals surface area contributed by atoms with Crippen molar-refractivity contribution in [3.63, 3.8) is 0 Å². The number of phosphoric acid groups is 3. The lowest BCUT2D eigenvalue weighted by Gasteiger charge is -2.33. The summed E-state index contributed by atoms with van der Waals surface area (Å²) in [5.74, 6) is 0.435. The van der Waals surface area contributed by atoms with Gasteiger partial charge in [0.15, 0.2) is 11.4 Å². The number of hydrogen-bond acceptors (Lipinski definition) is 10. The van der Waals surface area contributed by atoms with Crippen molar-refractivity contribution in [2.45, 2.75) is 25.1 Å². The Morgan fingerprint density at radius 1 is 1.28 bits per heavy atom. The van der Waals surface area contributed by atoms with Gasteiger partial charge in [-0.05, 0) is 6.92 Å². The van der Waals surface area contributed by atoms with Crippen molar-refractivity contribution in [1.29, 1.82) is 0 Å². The summed E-state index contributed by atoms with van der Waals surface area (Å²) in [7, 11) is -17.3. The van der Waals surface area contributed by atoms with Gasteiger partial charge in [-0.25, -0.2) is 27.4 Å². The minimum Gasteiger partial charge on any atom is -0.389 e. The lowest BCUT2D eigenvalue weighted by Crippen LogP contribution is -2.48. The average molecular weight is 546 g/mol. The maximum atomic E-state index is 14.5. The minimum atomic E-state index is -5.87. The largest absolute Gasteiger partial charge is 0.490 e. The monoisotopic (exact) mass is 546 g/mol. The van der Waals surface area contributed by atoms with Crippen LogP contribution in [0.2, 0.25) is 0 Å². The fraction of sp³-hybridized carbons (Fsp3) is 0.455. The third-order valence-corrected chi connectivity index (χ3v) is 7.31. The second-order valence-electron chi connectivity index (χ2n) is 5.63. The molecule has 1 aromatic heterocycles. The van der Waals surface area contributed by atoms with E-state index in [9.17, 15) is 37.3 Å². The summed E-state index contributed by atoms with van der Waals surface area (Å²) in [6.45, 7) is -3.51. The van der Waals surface area contributed by atoms with Crippen LogP contribution in [0.1, 0.15) is 13.4 Å². The minimum absolute atomic E-state index is 0.0234. The lowest BCUT2D eigenvalue weighted by molar-refractivity contribution is -0.207. The van der Waals surface area contributed by atoms with Crippen LogP contribution in [0.3, 0.4) is 0 Å². The van der Waals surface area contributed by atoms with Gasteiger partial charge in [0, 0.05) is 0 Å². The van der Waals surface area contributed by atoms with E-state index in [0.717, 1.165) is 6.92 Å². The molecule has 21 heteroatoms. The number of phosphoric ester groups is 1. The number of rotatable bonds is 11. The molecule has 5 atom stereocenters. The first kappa shape index (κ1) is 28.9. The predicted molar refractivity (Wildman–Crippen MR) is 100 cm³/mol. The molecule has 0 radical (unpaired) electrons. The molecular weight excluding hydrogens is 531 g/mol. The summed E-state index contributed by atoms with van der Waals surface area (Å²) < 4.78 is 77.0. The van der Waals surface area contributed by atoms with Crippen molar-refractivity contribution in [3.05, 3.63) is 27.1 Å². The van der Waals surface area contributed by atoms with Crippen molar-refractivity contribution < 1.29 is 65.0 Å². The summed E-state index contributed by atoms with van der Waals surface area (Å²) in [5.41, 5.74) is -4.01. The van der Waals surface area contributed by atoms with E-state index in [1.807, 2.05) is 0 Å². The number of alkyl halides is 1. The Labute approximate surface area is 182 Å². The number of aromatic nitrogens is 2. The number of nitrogens with zero attached hydrogens (tertiary/aromatic N) is 1. The molecule has 0 bridgehead atoms. The number of nitrogens with one attached hydrogen (secondary N) is 1. The molecule has 15 nitrogen and oxygen atoms in total. The molecule has 0 saturated heterocycles. The molecule has 0 aliphatic carbocycles. The summed E-state index contributed by atoms with van der Waals surface area (Å²) >= 11 is 4.45. The summed E-state index contributed by atoms with van der Waals surface area (Å²) in [4.78, 5) is 49.0. The van der Waals surface area contributed by atoms with Crippen LogP contribution in [0, 0.1) is 22.8 Å². The molecule has 0 aliphatic rings. The van der Waals surface area contributed by atoms with E-state index < -0.39 is 64.4 Å². The topological polar surface area (TPSA) is 227 Å². The highest BCUT2D eigenvalue weighted by atomic mass is 32.1. The van der Waals surface area contributed by atoms with Gasteiger partial charge in [0.2, 0.25) is 0 Å². The van der Waals surface area contributed by atoms with E-state index in [0.29, 0.717) is 0 Å². The van der Waals surface area contributed by atoms with Gasteiger partial charge in [-0.1, -0.05) is 18.1 Å². The van der Waals surface area contributed by atoms with E-state index in [2.05, 4.69) is 25.4 Å². The summed E-state index contributed by atoms with van der Waals surface area (Å²) in [6.07, 6.45) is 3.51. The van der Waals surface area contributed by atoms with Crippen molar-refractivity contribution in [3.8, 4) is 12.3 Å². The quantitative estimate of drug-likeness (QED) is 0.127. The van der Waals surface area contributed by atoms with Crippen molar-refractivity contribution in [1.82, 2.24) is 9.55 Å². The van der Waals surface area contributed by atoms with Gasteiger partial charge in [-0.3, -0.25) is 9.51 Å². The average Bonchev–Trinajstić information content (AvgIpc) is 2.58. The van der Waals surface area contributed by atoms with E-state index in [-0.39, 0.29) is 10.8 Å². The van der Waals surface area contributed by atoms with Gasteiger partial charge in [0.1, 0.15) is 11.2 Å². The molecular formula is C11H15F2N2O13P3S. The van der Waals surface area contributed by atoms with Gasteiger partial charge < -0.3 is 29.4 Å². The highest BCUT2D eigenvalue weighted by Gasteiger charge is 2.45. The van der Waals surface area contributed by atoms with Crippen LogP contribution in [0.4, 0.5) is 8.78 Å². The maximum absolute atomic E-state index is 14.5. The number of halogens is 2. The molecule has 182 valence electrons. The molecule has 1 aromatic rings. The number of H-pyrrole nitrogens is 1. The van der Waals surface area contributed by atoms with Crippen LogP contribution in [0.25, 0.3) is 0 Å². The van der Waals surface area contributed by atoms with Gasteiger partial charge in [-0.15, -0.1) is 6.42 Å². The highest BCUT2D eigenvalue weighted by molar-refractivity contribution is 7.71. The van der Waals surface area contributed by atoms with Gasteiger partial charge >= 0.3 is 29.2 Å². The van der Waals surface area contributed by atoms with Crippen molar-refractivity contribution in [2.75, 3.05) is 6.61 Å². The second kappa shape index (κ2) is 10.4. The molecule has 0 aliphatic heterocycles. The lowest BCUT2D eigenvalue weighted by atomic mass is 10.0. The summed E-state index contributed by atoms with van der Waals surface area (Å²) in [6, 6.07) is 0. The Kier molecular flexibility index (Phi) is 9.40. The summed E-state index contributed by atoms with van der Waals surface area (Å²) in [5, 5.41) is 9.86. The molecule has 0 amide bonds. The third-order valence-electron chi connectivity index (χ3n) is 3.23. The van der Waals surface area contributed by atoms with Gasteiger partial charge in [-0.2, -0.15) is 13.0 Å². The van der Waals surface area contributed by atoms with Crippen molar-refractivity contribution >= 4 is 35.7 Å². The van der Waals surface area contributed by atoms with Crippen molar-refractivity contribution in [2.24, 2.45) is 0 Å². The van der Waals surface area contributed by atoms with Crippen LogP contribution in [0.15, 0.2) is 11.0 Å². The van der Waals surface area contributed by atoms with Crippen LogP contribution >= 0.6 is 35.7 Å². The molecule has 0 fully saturated rings. The van der Waals surface area contributed by atoms with Crippen LogP contribution in [-0.2, 0) is 31.6 Å². The number of ether oxygens (including phenoxy) is 1. The molecule has 6 N–H and O–H groups in total. The van der Waals surface area contributed by atoms with Crippen LogP contribution in [0.5, 0.6) is 0 Å². The standard InChI is InChI=1S/C11H15F2N2O13P3S/c1-3-11(6(2)16,26-9(13)15-4-7(12)8(32)14-10(15)17)5-25-30(21,22)28-31(23,24)27-29(18,19)20/h1,4,6,9,16H,5H2,2H3,(H,21,22)(H,23,24)(H,14,17,32)(H2,18,19,20)/t6-,9-,11-/m1/s1. The smallest absolute Gasteiger partial charge is 0.389 e. The molecule has 1 heterocycles. The molecule has 32 heavy (non-hydrogen) atoms. The fourth-order valence-electron chi connectivity index (χ4n) is 1.77.